The Morgan fingerprint density at radius 2 is 1.95 bits per heavy atom. The zero-order valence-corrected chi connectivity index (χ0v) is 12.7. The Balaban J connectivity index is 1.88. The number of nitrogens with zero attached hydrogens (tertiary/aromatic N) is 3. The number of para-hydroxylation sites is 1. The molecule has 6 nitrogen and oxygen atoms in total. The summed E-state index contributed by atoms with van der Waals surface area (Å²) >= 11 is 1.28. The molecule has 0 amide bonds. The van der Waals surface area contributed by atoms with Gasteiger partial charge in [-0.15, -0.1) is 11.3 Å². The fourth-order valence-corrected chi connectivity index (χ4v) is 3.58. The van der Waals surface area contributed by atoms with Gasteiger partial charge >= 0.3 is 0 Å². The van der Waals surface area contributed by atoms with Gasteiger partial charge < -0.3 is 0 Å². The Bertz CT molecular complexity index is 853. The van der Waals surface area contributed by atoms with Crippen LogP contribution in [-0.4, -0.2) is 23.2 Å². The summed E-state index contributed by atoms with van der Waals surface area (Å²) in [7, 11) is -3.67. The van der Waals surface area contributed by atoms with Crippen molar-refractivity contribution in [3.63, 3.8) is 0 Å². The van der Waals surface area contributed by atoms with Gasteiger partial charge in [0, 0.05) is 11.1 Å². The van der Waals surface area contributed by atoms with Gasteiger partial charge in [-0.25, -0.2) is 18.1 Å². The maximum absolute atomic E-state index is 12.3. The number of hydrogen-bond donors (Lipinski definition) is 1. The molecule has 0 aliphatic carbocycles. The number of sulfonamides is 1. The first-order valence-corrected chi connectivity index (χ1v) is 8.40. The summed E-state index contributed by atoms with van der Waals surface area (Å²) in [5.74, 6) is 0. The largest absolute Gasteiger partial charge is 0.266 e. The van der Waals surface area contributed by atoms with Crippen molar-refractivity contribution in [3.05, 3.63) is 53.8 Å². The molecule has 108 valence electrons. The van der Waals surface area contributed by atoms with Crippen molar-refractivity contribution in [2.45, 2.75) is 11.8 Å². The summed E-state index contributed by atoms with van der Waals surface area (Å²) in [6.07, 6.45) is 4.41. The van der Waals surface area contributed by atoms with Crippen LogP contribution < -0.4 is 4.72 Å². The molecule has 2 heterocycles. The van der Waals surface area contributed by atoms with Crippen molar-refractivity contribution in [3.8, 4) is 5.69 Å². The number of nitrogens with one attached hydrogen (secondary N) is 1. The summed E-state index contributed by atoms with van der Waals surface area (Å²) in [5, 5.41) is 4.43. The Kier molecular flexibility index (Phi) is 3.48. The van der Waals surface area contributed by atoms with Crippen molar-refractivity contribution in [2.75, 3.05) is 4.72 Å². The van der Waals surface area contributed by atoms with E-state index in [1.165, 1.54) is 28.4 Å². The number of thiazole rings is 1. The van der Waals surface area contributed by atoms with E-state index in [1.54, 1.807) is 6.20 Å². The minimum absolute atomic E-state index is 0.0965. The predicted octanol–water partition coefficient (Wildman–Crippen LogP) is 2.44. The van der Waals surface area contributed by atoms with Crippen molar-refractivity contribution < 1.29 is 8.42 Å². The minimum atomic E-state index is -3.67. The molecule has 3 aromatic rings. The first kappa shape index (κ1) is 13.8. The molecule has 8 heteroatoms. The third kappa shape index (κ3) is 2.96. The highest BCUT2D eigenvalue weighted by Crippen LogP contribution is 2.21. The smallest absolute Gasteiger partial charge is 0.255 e. The number of hydrogen-bond acceptors (Lipinski definition) is 5. The van der Waals surface area contributed by atoms with Gasteiger partial charge in [-0.1, -0.05) is 18.2 Å². The topological polar surface area (TPSA) is 76.9 Å². The molecule has 0 unspecified atom stereocenters. The Hall–Kier alpha value is -2.19. The fraction of sp³-hybridized carbons (Fsp3) is 0.0769. The van der Waals surface area contributed by atoms with Gasteiger partial charge in [-0.3, -0.25) is 4.72 Å². The van der Waals surface area contributed by atoms with Crippen LogP contribution in [-0.2, 0) is 10.0 Å². The van der Waals surface area contributed by atoms with E-state index in [0.717, 1.165) is 10.6 Å². The van der Waals surface area contributed by atoms with Crippen LogP contribution >= 0.6 is 11.3 Å². The fourth-order valence-electron chi connectivity index (χ4n) is 1.74. The van der Waals surface area contributed by atoms with E-state index in [9.17, 15) is 8.42 Å². The second kappa shape index (κ2) is 5.30. The van der Waals surface area contributed by atoms with Crippen LogP contribution in [0.4, 0.5) is 5.13 Å². The molecule has 1 aromatic carbocycles. The van der Waals surface area contributed by atoms with Gasteiger partial charge in [0.1, 0.15) is 4.90 Å². The average molecular weight is 320 g/mol. The lowest BCUT2D eigenvalue weighted by Gasteiger charge is -2.02. The number of rotatable bonds is 4. The monoisotopic (exact) mass is 320 g/mol. The van der Waals surface area contributed by atoms with E-state index in [2.05, 4.69) is 14.8 Å². The van der Waals surface area contributed by atoms with Crippen LogP contribution in [0.1, 0.15) is 4.88 Å². The molecular weight excluding hydrogens is 308 g/mol. The van der Waals surface area contributed by atoms with Gasteiger partial charge in [0.15, 0.2) is 5.13 Å². The summed E-state index contributed by atoms with van der Waals surface area (Å²) in [6.45, 7) is 1.86. The molecule has 1 N–H and O–H groups in total. The maximum Gasteiger partial charge on any atom is 0.266 e. The van der Waals surface area contributed by atoms with Crippen LogP contribution in [0.25, 0.3) is 5.69 Å². The standard InChI is InChI=1S/C13H12N4O2S2/c1-10-7-14-13(20-10)16-21(18,19)12-8-15-17(9-12)11-5-3-2-4-6-11/h2-9H,1H3,(H,14,16). The maximum atomic E-state index is 12.3. The van der Waals surface area contributed by atoms with Crippen molar-refractivity contribution in [1.29, 1.82) is 0 Å². The van der Waals surface area contributed by atoms with E-state index in [4.69, 9.17) is 0 Å². The average Bonchev–Trinajstić information content (AvgIpc) is 3.09. The van der Waals surface area contributed by atoms with Gasteiger partial charge in [0.05, 0.1) is 18.1 Å². The lowest BCUT2D eigenvalue weighted by Crippen LogP contribution is -2.12. The van der Waals surface area contributed by atoms with Crippen LogP contribution in [0.5, 0.6) is 0 Å². The van der Waals surface area contributed by atoms with E-state index in [-0.39, 0.29) is 4.90 Å². The van der Waals surface area contributed by atoms with E-state index in [1.807, 2.05) is 37.3 Å². The lowest BCUT2D eigenvalue weighted by atomic mass is 10.3. The molecule has 0 fully saturated rings. The van der Waals surface area contributed by atoms with Crippen LogP contribution in [0.3, 0.4) is 0 Å². The molecule has 0 aliphatic rings. The molecule has 0 bridgehead atoms. The molecule has 0 saturated carbocycles. The quantitative estimate of drug-likeness (QED) is 0.801. The molecule has 0 spiro atoms. The van der Waals surface area contributed by atoms with Gasteiger partial charge in [-0.05, 0) is 19.1 Å². The van der Waals surface area contributed by atoms with E-state index < -0.39 is 10.0 Å². The summed E-state index contributed by atoms with van der Waals surface area (Å²) in [6, 6.07) is 9.31. The zero-order chi connectivity index (χ0) is 14.9. The van der Waals surface area contributed by atoms with Gasteiger partial charge in [0.25, 0.3) is 10.0 Å². The molecule has 0 radical (unpaired) electrons. The van der Waals surface area contributed by atoms with Gasteiger partial charge in [-0.2, -0.15) is 5.10 Å². The second-order valence-corrected chi connectivity index (χ2v) is 7.25. The molecular formula is C13H12N4O2S2. The Morgan fingerprint density at radius 3 is 2.62 bits per heavy atom. The third-order valence-electron chi connectivity index (χ3n) is 2.73. The Labute approximate surface area is 126 Å². The number of aromatic nitrogens is 3. The van der Waals surface area contributed by atoms with E-state index in [0.29, 0.717) is 5.13 Å². The van der Waals surface area contributed by atoms with Crippen LogP contribution in [0.2, 0.25) is 0 Å². The molecule has 0 saturated heterocycles. The van der Waals surface area contributed by atoms with Crippen molar-refractivity contribution in [2.24, 2.45) is 0 Å². The highest BCUT2D eigenvalue weighted by atomic mass is 32.2. The third-order valence-corrected chi connectivity index (χ3v) is 4.98. The first-order valence-electron chi connectivity index (χ1n) is 6.10. The number of benzene rings is 1. The van der Waals surface area contributed by atoms with Gasteiger partial charge in [0.2, 0.25) is 0 Å². The summed E-state index contributed by atoms with van der Waals surface area (Å²) in [5.41, 5.74) is 0.795. The molecule has 2 aromatic heterocycles. The highest BCUT2D eigenvalue weighted by Gasteiger charge is 2.18. The van der Waals surface area contributed by atoms with Crippen molar-refractivity contribution >= 4 is 26.5 Å². The van der Waals surface area contributed by atoms with Crippen molar-refractivity contribution in [1.82, 2.24) is 14.8 Å². The van der Waals surface area contributed by atoms with Crippen LogP contribution in [0.15, 0.2) is 53.8 Å². The highest BCUT2D eigenvalue weighted by molar-refractivity contribution is 7.93. The number of anilines is 1. The lowest BCUT2D eigenvalue weighted by molar-refractivity contribution is 0.601. The molecule has 0 aliphatic heterocycles. The minimum Gasteiger partial charge on any atom is -0.255 e. The molecule has 0 atom stereocenters. The predicted molar refractivity (Wildman–Crippen MR) is 81.2 cm³/mol. The molecule has 21 heavy (non-hydrogen) atoms. The normalized spacial score (nSPS) is 11.5. The van der Waals surface area contributed by atoms with Crippen LogP contribution in [0, 0.1) is 6.92 Å². The number of aryl methyl sites for hydroxylation is 1. The Morgan fingerprint density at radius 1 is 1.19 bits per heavy atom. The first-order chi connectivity index (χ1) is 10.0. The van der Waals surface area contributed by atoms with E-state index >= 15 is 0 Å². The summed E-state index contributed by atoms with van der Waals surface area (Å²) in [4.78, 5) is 5.03. The zero-order valence-electron chi connectivity index (χ0n) is 11.1. The molecule has 3 rings (SSSR count). The summed E-state index contributed by atoms with van der Waals surface area (Å²) < 4.78 is 28.5. The second-order valence-electron chi connectivity index (χ2n) is 4.34. The SMILES string of the molecule is Cc1cnc(NS(=O)(=O)c2cnn(-c3ccccc3)c2)s1.